The monoisotopic (exact) mass is 1500 g/mol. The molecule has 0 aliphatic carbocycles. The molecule has 0 saturated heterocycles. The molecule has 0 spiro atoms. The second-order valence-corrected chi connectivity index (χ2v) is 30.2. The molecule has 0 aliphatic rings. The third-order valence-corrected chi connectivity index (χ3v) is 19.1. The zero-order valence-electron chi connectivity index (χ0n) is 65.7. The van der Waals surface area contributed by atoms with Gasteiger partial charge in [0.05, 0.1) is 26.4 Å². The van der Waals surface area contributed by atoms with Gasteiger partial charge in [-0.1, -0.05) is 291 Å². The van der Waals surface area contributed by atoms with Crippen molar-refractivity contribution in [2.75, 3.05) is 39.6 Å². The fraction of sp³-hybridized carbons (Fsp3) is 0.741. The third-order valence-electron chi connectivity index (χ3n) is 17.2. The van der Waals surface area contributed by atoms with E-state index in [4.69, 9.17) is 37.0 Å². The van der Waals surface area contributed by atoms with Crippen LogP contribution in [0.2, 0.25) is 0 Å². The van der Waals surface area contributed by atoms with E-state index in [0.29, 0.717) is 32.1 Å². The summed E-state index contributed by atoms with van der Waals surface area (Å²) in [5.74, 6) is -2.28. The van der Waals surface area contributed by atoms with Crippen molar-refractivity contribution in [1.82, 2.24) is 0 Å². The Balaban J connectivity index is 5.44. The van der Waals surface area contributed by atoms with Crippen molar-refractivity contribution in [3.8, 4) is 0 Å². The maximum atomic E-state index is 13.1. The molecule has 0 bridgehead atoms. The van der Waals surface area contributed by atoms with Crippen LogP contribution in [-0.2, 0) is 65.4 Å². The van der Waals surface area contributed by atoms with E-state index in [1.165, 1.54) is 116 Å². The van der Waals surface area contributed by atoms with Crippen LogP contribution in [0.4, 0.5) is 0 Å². The second-order valence-electron chi connectivity index (χ2n) is 27.3. The maximum Gasteiger partial charge on any atom is 0.472 e. The Hall–Kier alpha value is -4.28. The van der Waals surface area contributed by atoms with Crippen molar-refractivity contribution < 1.29 is 80.2 Å². The van der Waals surface area contributed by atoms with Gasteiger partial charge in [-0.25, -0.2) is 9.13 Å². The molecule has 0 rings (SSSR count). The van der Waals surface area contributed by atoms with E-state index in [9.17, 15) is 43.2 Å². The maximum absolute atomic E-state index is 13.1. The molecule has 0 heterocycles. The number of aliphatic hydroxyl groups is 1. The summed E-state index contributed by atoms with van der Waals surface area (Å²) < 4.78 is 68.6. The predicted octanol–water partition coefficient (Wildman–Crippen LogP) is 24.1. The molecule has 104 heavy (non-hydrogen) atoms. The number of unbranched alkanes of at least 4 members (excludes halogenated alkanes) is 33. The molecule has 17 nitrogen and oxygen atoms in total. The molecule has 0 aromatic carbocycles. The molecule has 2 unspecified atom stereocenters. The summed E-state index contributed by atoms with van der Waals surface area (Å²) in [6.45, 7) is 4.67. The van der Waals surface area contributed by atoms with Crippen LogP contribution in [0.3, 0.4) is 0 Å². The number of carbonyl (C=O) groups is 4. The highest BCUT2D eigenvalue weighted by Gasteiger charge is 2.30. The van der Waals surface area contributed by atoms with E-state index < -0.39 is 97.5 Å². The van der Waals surface area contributed by atoms with Gasteiger partial charge in [-0.05, 0) is 141 Å². The fourth-order valence-electron chi connectivity index (χ4n) is 10.9. The van der Waals surface area contributed by atoms with Gasteiger partial charge in [0.15, 0.2) is 12.2 Å². The quantitative estimate of drug-likeness (QED) is 0.0169. The molecule has 0 aliphatic heterocycles. The van der Waals surface area contributed by atoms with Gasteiger partial charge < -0.3 is 33.8 Å². The lowest BCUT2D eigenvalue weighted by atomic mass is 10.1. The number of phosphoric acid groups is 2. The van der Waals surface area contributed by atoms with Crippen molar-refractivity contribution in [2.24, 2.45) is 0 Å². The molecule has 0 amide bonds. The number of hydrogen-bond acceptors (Lipinski definition) is 15. The highest BCUT2D eigenvalue weighted by molar-refractivity contribution is 7.47. The van der Waals surface area contributed by atoms with E-state index in [2.05, 4.69) is 119 Å². The minimum absolute atomic E-state index is 0.0324. The average molecular weight is 1500 g/mol. The molecule has 3 N–H and O–H groups in total. The second kappa shape index (κ2) is 76.9. The largest absolute Gasteiger partial charge is 0.472 e. The molecule has 0 fully saturated rings. The van der Waals surface area contributed by atoms with Gasteiger partial charge in [-0.3, -0.25) is 37.3 Å². The first kappa shape index (κ1) is 99.7. The summed E-state index contributed by atoms with van der Waals surface area (Å²) in [5, 5.41) is 10.6. The first-order valence-electron chi connectivity index (χ1n) is 41.1. The van der Waals surface area contributed by atoms with Gasteiger partial charge in [0, 0.05) is 25.7 Å². The molecule has 19 heteroatoms. The first-order valence-corrected chi connectivity index (χ1v) is 44.1. The number of ether oxygens (including phenoxy) is 4. The Morgan fingerprint density at radius 2 is 0.519 bits per heavy atom. The van der Waals surface area contributed by atoms with Gasteiger partial charge in [0.1, 0.15) is 19.3 Å². The normalized spacial score (nSPS) is 14.4. The number of aliphatic hydroxyl groups excluding tert-OH is 1. The SMILES string of the molecule is CC/C=C\C/C=C\C/C=C\C/C=C\C/C=C\C/C=C\CCC(=O)O[C@H](COC(=O)CCCCCCC/C=C\CCCCCCCC)COP(=O)(O)OC[C@@H](O)COP(=O)(O)OC[C@@H](COC(=O)CCCCCCCCC/C=C\CCCCCC)OC(=O)CCCCCCC/C=C\CCCCCCCC. The van der Waals surface area contributed by atoms with Crippen molar-refractivity contribution >= 4 is 39.5 Å². The van der Waals surface area contributed by atoms with E-state index in [0.717, 1.165) is 148 Å². The summed E-state index contributed by atoms with van der Waals surface area (Å²) in [5.41, 5.74) is 0. The zero-order chi connectivity index (χ0) is 76.0. The van der Waals surface area contributed by atoms with Crippen molar-refractivity contribution in [3.05, 3.63) is 109 Å². The minimum atomic E-state index is -5.00. The summed E-state index contributed by atoms with van der Waals surface area (Å²) in [6, 6.07) is 0. The predicted molar refractivity (Wildman–Crippen MR) is 427 cm³/mol. The lowest BCUT2D eigenvalue weighted by Crippen LogP contribution is -2.30. The number of carbonyl (C=O) groups excluding carboxylic acids is 4. The van der Waals surface area contributed by atoms with Crippen LogP contribution in [-0.4, -0.2) is 96.7 Å². The Kier molecular flexibility index (Phi) is 73.7. The Bertz CT molecular complexity index is 2390. The van der Waals surface area contributed by atoms with Crippen LogP contribution in [0, 0.1) is 0 Å². The van der Waals surface area contributed by atoms with Gasteiger partial charge in [-0.2, -0.15) is 0 Å². The van der Waals surface area contributed by atoms with Crippen LogP contribution in [0.1, 0.15) is 349 Å². The Labute approximate surface area is 632 Å². The molecule has 0 aromatic rings. The first-order chi connectivity index (χ1) is 50.7. The van der Waals surface area contributed by atoms with Crippen LogP contribution in [0.25, 0.3) is 0 Å². The van der Waals surface area contributed by atoms with Gasteiger partial charge in [-0.15, -0.1) is 0 Å². The molecular weight excluding hydrogens is 1350 g/mol. The lowest BCUT2D eigenvalue weighted by Gasteiger charge is -2.21. The van der Waals surface area contributed by atoms with Gasteiger partial charge >= 0.3 is 39.5 Å². The topological polar surface area (TPSA) is 237 Å². The Morgan fingerprint density at radius 3 is 0.837 bits per heavy atom. The summed E-state index contributed by atoms with van der Waals surface area (Å²) in [4.78, 5) is 73.0. The molecule has 600 valence electrons. The van der Waals surface area contributed by atoms with Crippen LogP contribution >= 0.6 is 15.6 Å². The van der Waals surface area contributed by atoms with Gasteiger partial charge in [0.2, 0.25) is 0 Å². The molecule has 0 aromatic heterocycles. The molecular formula is C85H148O17P2. The third kappa shape index (κ3) is 75.9. The molecule has 0 saturated carbocycles. The minimum Gasteiger partial charge on any atom is -0.462 e. The summed E-state index contributed by atoms with van der Waals surface area (Å²) in [6.07, 6.45) is 83.6. The molecule has 0 radical (unpaired) electrons. The highest BCUT2D eigenvalue weighted by Crippen LogP contribution is 2.45. The van der Waals surface area contributed by atoms with Crippen molar-refractivity contribution in [2.45, 2.75) is 367 Å². The Morgan fingerprint density at radius 1 is 0.279 bits per heavy atom. The lowest BCUT2D eigenvalue weighted by molar-refractivity contribution is -0.161. The number of allylic oxidation sites excluding steroid dienone is 18. The zero-order valence-corrected chi connectivity index (χ0v) is 67.5. The van der Waals surface area contributed by atoms with Crippen molar-refractivity contribution in [3.63, 3.8) is 0 Å². The van der Waals surface area contributed by atoms with E-state index in [-0.39, 0.29) is 25.7 Å². The van der Waals surface area contributed by atoms with Crippen LogP contribution in [0.5, 0.6) is 0 Å². The van der Waals surface area contributed by atoms with E-state index in [1.807, 2.05) is 18.2 Å². The number of esters is 4. The molecule has 5 atom stereocenters. The number of rotatable bonds is 77. The van der Waals surface area contributed by atoms with E-state index in [1.54, 1.807) is 0 Å². The van der Waals surface area contributed by atoms with Gasteiger partial charge in [0.25, 0.3) is 0 Å². The average Bonchev–Trinajstić information content (AvgIpc) is 0.943. The standard InChI is InChI=1S/C85H148O17P2/c1-5-9-13-17-21-25-29-33-37-38-39-40-44-48-52-56-60-64-68-72-85(90)102-81(76-96-83(88)70-66-62-58-54-50-46-42-35-31-27-23-19-15-11-7-3)78-100-104(93,94)98-74-79(86)73-97-103(91,92)99-77-80(101-84(89)71-67-63-59-55-51-47-43-36-32-28-24-20-16-12-8-4)75-95-82(87)69-65-61-57-53-49-45-41-34-30-26-22-18-14-10-6-2/h9,13,21,25-26,30,33,35-37,39-40,42-43,48,52,60,64,79-81,86H,5-8,10-12,14-20,22-24,27-29,31-32,34,38,41,44-47,49-51,53-59,61-63,65-78H2,1-4H3,(H,91,92)(H,93,94)/b13-9-,25-21-,30-26-,37-33-,40-39-,42-35-,43-36-,52-48-,64-60-/t79-,80+,81+/m0/s1. The van der Waals surface area contributed by atoms with Crippen LogP contribution in [0.15, 0.2) is 109 Å². The number of phosphoric ester groups is 2. The van der Waals surface area contributed by atoms with Crippen LogP contribution < -0.4 is 0 Å². The summed E-state index contributed by atoms with van der Waals surface area (Å²) in [7, 11) is -9.99. The smallest absolute Gasteiger partial charge is 0.462 e. The highest BCUT2D eigenvalue weighted by atomic mass is 31.2. The van der Waals surface area contributed by atoms with E-state index >= 15 is 0 Å². The summed E-state index contributed by atoms with van der Waals surface area (Å²) >= 11 is 0. The van der Waals surface area contributed by atoms with Crippen molar-refractivity contribution in [1.29, 1.82) is 0 Å². The fourth-order valence-corrected chi connectivity index (χ4v) is 12.5. The number of hydrogen-bond donors (Lipinski definition) is 3.